The highest BCUT2D eigenvalue weighted by atomic mass is 35.5. The number of aromatic nitrogens is 2. The molecule has 0 aliphatic rings. The maximum Gasteiger partial charge on any atom is 0.423 e. The number of hydrogen-bond donors (Lipinski definition) is 0. The van der Waals surface area contributed by atoms with E-state index in [1.54, 1.807) is 29.2 Å². The van der Waals surface area contributed by atoms with Gasteiger partial charge in [-0.2, -0.15) is 18.2 Å². The summed E-state index contributed by atoms with van der Waals surface area (Å²) in [6.07, 6.45) is -0.194. The van der Waals surface area contributed by atoms with Gasteiger partial charge in [-0.15, -0.1) is 0 Å². The Morgan fingerprint density at radius 3 is 2.48 bits per heavy atom. The van der Waals surface area contributed by atoms with Crippen LogP contribution in [0.25, 0.3) is 0 Å². The molecule has 1 aromatic carbocycles. The second kappa shape index (κ2) is 9.78. The van der Waals surface area contributed by atoms with Crippen molar-refractivity contribution in [2.75, 3.05) is 18.1 Å². The molecule has 0 aliphatic heterocycles. The predicted octanol–water partition coefficient (Wildman–Crippen LogP) is 6.27. The molecule has 0 atom stereocenters. The van der Waals surface area contributed by atoms with Crippen LogP contribution in [0.4, 0.5) is 24.8 Å². The minimum Gasteiger partial charge on any atom is -0.477 e. The standard InChI is InChI=1S/C19H23ClF3N3O/c1-3-5-6-9-12-27-17-14(19(21,22)23)13-24-18(25-17)26(4-2)16-11-8-7-10-15(16)20/h7-8,10-11,13H,3-6,9,12H2,1-2H3. The summed E-state index contributed by atoms with van der Waals surface area (Å²) in [5.41, 5.74) is -0.354. The van der Waals surface area contributed by atoms with Crippen molar-refractivity contribution in [2.45, 2.75) is 45.7 Å². The molecule has 1 heterocycles. The normalized spacial score (nSPS) is 11.5. The monoisotopic (exact) mass is 401 g/mol. The SMILES string of the molecule is CCCCCCOc1nc(N(CC)c2ccccc2Cl)ncc1C(F)(F)F. The number of nitrogens with zero attached hydrogens (tertiary/aromatic N) is 3. The van der Waals surface area contributed by atoms with Crippen LogP contribution in [0.1, 0.15) is 45.1 Å². The van der Waals surface area contributed by atoms with E-state index in [2.05, 4.69) is 16.9 Å². The van der Waals surface area contributed by atoms with Gasteiger partial charge in [-0.25, -0.2) is 4.98 Å². The van der Waals surface area contributed by atoms with Crippen molar-refractivity contribution >= 4 is 23.2 Å². The van der Waals surface area contributed by atoms with Gasteiger partial charge in [0, 0.05) is 12.7 Å². The Morgan fingerprint density at radius 2 is 1.85 bits per heavy atom. The molecule has 1 aromatic heterocycles. The molecule has 0 N–H and O–H groups in total. The van der Waals surface area contributed by atoms with Crippen molar-refractivity contribution in [1.29, 1.82) is 0 Å². The average Bonchev–Trinajstić information content (AvgIpc) is 2.63. The predicted molar refractivity (Wildman–Crippen MR) is 101 cm³/mol. The minimum atomic E-state index is -4.58. The van der Waals surface area contributed by atoms with Crippen LogP contribution in [0, 0.1) is 0 Å². The van der Waals surface area contributed by atoms with E-state index in [9.17, 15) is 13.2 Å². The fraction of sp³-hybridized carbons (Fsp3) is 0.474. The lowest BCUT2D eigenvalue weighted by atomic mass is 10.2. The third kappa shape index (κ3) is 5.73. The summed E-state index contributed by atoms with van der Waals surface area (Å²) in [5, 5.41) is 0.463. The minimum absolute atomic E-state index is 0.113. The van der Waals surface area contributed by atoms with Crippen LogP contribution >= 0.6 is 11.6 Å². The molecule has 0 unspecified atom stereocenters. The fourth-order valence-electron chi connectivity index (χ4n) is 2.58. The van der Waals surface area contributed by atoms with E-state index >= 15 is 0 Å². The number of hydrogen-bond acceptors (Lipinski definition) is 4. The highest BCUT2D eigenvalue weighted by Crippen LogP contribution is 2.37. The summed E-state index contributed by atoms with van der Waals surface area (Å²) in [7, 11) is 0. The smallest absolute Gasteiger partial charge is 0.423 e. The molecular weight excluding hydrogens is 379 g/mol. The van der Waals surface area contributed by atoms with Gasteiger partial charge in [0.15, 0.2) is 0 Å². The lowest BCUT2D eigenvalue weighted by molar-refractivity contribution is -0.139. The summed E-state index contributed by atoms with van der Waals surface area (Å²) in [6, 6.07) is 7.03. The zero-order valence-electron chi connectivity index (χ0n) is 15.4. The first-order valence-corrected chi connectivity index (χ1v) is 9.35. The molecule has 0 amide bonds. The molecule has 0 saturated carbocycles. The number of ether oxygens (including phenoxy) is 1. The molecule has 8 heteroatoms. The number of rotatable bonds is 9. The summed E-state index contributed by atoms with van der Waals surface area (Å²) < 4.78 is 45.2. The van der Waals surface area contributed by atoms with Gasteiger partial charge in [-0.05, 0) is 25.5 Å². The van der Waals surface area contributed by atoms with E-state index in [1.807, 2.05) is 6.92 Å². The summed E-state index contributed by atoms with van der Waals surface area (Å²) >= 11 is 6.21. The van der Waals surface area contributed by atoms with E-state index < -0.39 is 17.6 Å². The maximum atomic E-state index is 13.3. The molecule has 0 spiro atoms. The number of halogens is 4. The van der Waals surface area contributed by atoms with E-state index in [0.29, 0.717) is 23.7 Å². The summed E-state index contributed by atoms with van der Waals surface area (Å²) in [4.78, 5) is 9.61. The van der Waals surface area contributed by atoms with E-state index in [1.165, 1.54) is 0 Å². The van der Waals surface area contributed by atoms with E-state index in [4.69, 9.17) is 16.3 Å². The van der Waals surface area contributed by atoms with E-state index in [0.717, 1.165) is 25.5 Å². The third-order valence-corrected chi connectivity index (χ3v) is 4.30. The molecule has 27 heavy (non-hydrogen) atoms. The lowest BCUT2D eigenvalue weighted by Crippen LogP contribution is -2.21. The Balaban J connectivity index is 2.31. The second-order valence-corrected chi connectivity index (χ2v) is 6.40. The lowest BCUT2D eigenvalue weighted by Gasteiger charge is -2.23. The molecule has 0 fully saturated rings. The molecule has 2 rings (SSSR count). The van der Waals surface area contributed by atoms with Crippen molar-refractivity contribution in [3.05, 3.63) is 41.0 Å². The molecule has 0 aliphatic carbocycles. The molecule has 0 radical (unpaired) electrons. The van der Waals surface area contributed by atoms with Crippen molar-refractivity contribution < 1.29 is 17.9 Å². The summed E-state index contributed by atoms with van der Waals surface area (Å²) in [5.74, 6) is -0.336. The Bertz CT molecular complexity index is 740. The highest BCUT2D eigenvalue weighted by Gasteiger charge is 2.36. The van der Waals surface area contributed by atoms with Crippen LogP contribution in [0.3, 0.4) is 0 Å². The van der Waals surface area contributed by atoms with Crippen LogP contribution in [0.5, 0.6) is 5.88 Å². The first-order valence-electron chi connectivity index (χ1n) is 8.97. The first-order chi connectivity index (χ1) is 12.9. The molecule has 4 nitrogen and oxygen atoms in total. The van der Waals surface area contributed by atoms with Crippen molar-refractivity contribution in [1.82, 2.24) is 9.97 Å². The largest absolute Gasteiger partial charge is 0.477 e. The zero-order valence-corrected chi connectivity index (χ0v) is 16.1. The van der Waals surface area contributed by atoms with Crippen molar-refractivity contribution in [3.63, 3.8) is 0 Å². The van der Waals surface area contributed by atoms with E-state index in [-0.39, 0.29) is 12.6 Å². The second-order valence-electron chi connectivity index (χ2n) is 5.99. The van der Waals surface area contributed by atoms with Crippen LogP contribution in [-0.2, 0) is 6.18 Å². The maximum absolute atomic E-state index is 13.3. The molecule has 0 saturated heterocycles. The Morgan fingerprint density at radius 1 is 1.11 bits per heavy atom. The average molecular weight is 402 g/mol. The van der Waals surface area contributed by atoms with Crippen molar-refractivity contribution in [3.8, 4) is 5.88 Å². The summed E-state index contributed by atoms with van der Waals surface area (Å²) in [6.45, 7) is 4.52. The fourth-order valence-corrected chi connectivity index (χ4v) is 2.82. The van der Waals surface area contributed by atoms with Gasteiger partial charge in [0.05, 0.1) is 17.3 Å². The third-order valence-electron chi connectivity index (χ3n) is 3.98. The van der Waals surface area contributed by atoms with Crippen LogP contribution in [0.2, 0.25) is 5.02 Å². The Hall–Kier alpha value is -2.02. The quantitative estimate of drug-likeness (QED) is 0.464. The number of alkyl halides is 3. The molecule has 148 valence electrons. The Kier molecular flexibility index (Phi) is 7.71. The highest BCUT2D eigenvalue weighted by molar-refractivity contribution is 6.33. The topological polar surface area (TPSA) is 38.2 Å². The van der Waals surface area contributed by atoms with Crippen LogP contribution in [-0.4, -0.2) is 23.1 Å². The van der Waals surface area contributed by atoms with Gasteiger partial charge in [0.25, 0.3) is 0 Å². The van der Waals surface area contributed by atoms with Crippen LogP contribution < -0.4 is 9.64 Å². The van der Waals surface area contributed by atoms with Gasteiger partial charge in [-0.3, -0.25) is 0 Å². The van der Waals surface area contributed by atoms with Crippen LogP contribution in [0.15, 0.2) is 30.5 Å². The zero-order chi connectivity index (χ0) is 19.9. The number of benzene rings is 1. The molecule has 2 aromatic rings. The van der Waals surface area contributed by atoms with Gasteiger partial charge < -0.3 is 9.64 Å². The number of unbranched alkanes of at least 4 members (excludes halogenated alkanes) is 3. The molecular formula is C19H23ClF3N3O. The molecule has 0 bridgehead atoms. The number of anilines is 2. The first kappa shape index (κ1) is 21.3. The Labute approximate surface area is 162 Å². The van der Waals surface area contributed by atoms with Gasteiger partial charge in [0.2, 0.25) is 11.8 Å². The van der Waals surface area contributed by atoms with Gasteiger partial charge in [0.1, 0.15) is 5.56 Å². The van der Waals surface area contributed by atoms with Gasteiger partial charge in [-0.1, -0.05) is 49.9 Å². The van der Waals surface area contributed by atoms with Crippen molar-refractivity contribution in [2.24, 2.45) is 0 Å². The van der Waals surface area contributed by atoms with Gasteiger partial charge >= 0.3 is 6.18 Å². The number of para-hydroxylation sites is 1.